The van der Waals surface area contributed by atoms with Gasteiger partial charge in [0.05, 0.1) is 5.69 Å². The molecule has 2 amide bonds. The molecule has 0 aliphatic carbocycles. The quantitative estimate of drug-likeness (QED) is 0.679. The van der Waals surface area contributed by atoms with Crippen LogP contribution in [0.3, 0.4) is 0 Å². The first kappa shape index (κ1) is 11.3. The number of anilines is 1. The first-order chi connectivity index (χ1) is 8.09. The van der Waals surface area contributed by atoms with Crippen molar-refractivity contribution < 1.29 is 14.4 Å². The molecule has 1 unspecified atom stereocenters. The molecule has 2 N–H and O–H groups in total. The molecule has 1 aromatic carbocycles. The van der Waals surface area contributed by atoms with Crippen molar-refractivity contribution in [2.75, 3.05) is 5.01 Å². The van der Waals surface area contributed by atoms with E-state index in [4.69, 9.17) is 0 Å². The highest BCUT2D eigenvalue weighted by molar-refractivity contribution is 6.45. The predicted molar refractivity (Wildman–Crippen MR) is 59.7 cm³/mol. The molecule has 1 fully saturated rings. The van der Waals surface area contributed by atoms with Crippen LogP contribution in [0, 0.1) is 0 Å². The van der Waals surface area contributed by atoms with E-state index in [-0.39, 0.29) is 5.91 Å². The van der Waals surface area contributed by atoms with Gasteiger partial charge < -0.3 is 5.32 Å². The van der Waals surface area contributed by atoms with Crippen molar-refractivity contribution in [3.63, 3.8) is 0 Å². The van der Waals surface area contributed by atoms with Crippen LogP contribution in [0.25, 0.3) is 0 Å². The van der Waals surface area contributed by atoms with Crippen molar-refractivity contribution >= 4 is 23.3 Å². The Bertz CT molecular complexity index is 472. The largest absolute Gasteiger partial charge is 0.333 e. The molecule has 0 aromatic heterocycles. The maximum atomic E-state index is 11.7. The molecule has 1 atom stereocenters. The number of hydrazine groups is 1. The second-order valence-corrected chi connectivity index (χ2v) is 3.60. The second-order valence-electron chi connectivity index (χ2n) is 3.60. The van der Waals surface area contributed by atoms with Gasteiger partial charge in [0.15, 0.2) is 6.17 Å². The molecule has 0 bridgehead atoms. The average Bonchev–Trinajstić information content (AvgIpc) is 2.58. The number of hydrogen-bond acceptors (Lipinski definition) is 4. The van der Waals surface area contributed by atoms with Gasteiger partial charge in [-0.15, -0.1) is 0 Å². The van der Waals surface area contributed by atoms with E-state index < -0.39 is 17.9 Å². The molecule has 1 aliphatic rings. The number of nitrogens with zero attached hydrogens (tertiary/aromatic N) is 1. The SMILES string of the molecule is CC(=O)NC1NN(c2ccccc2)C(=O)C1=O. The number of amides is 2. The second kappa shape index (κ2) is 4.34. The van der Waals surface area contributed by atoms with Gasteiger partial charge >= 0.3 is 5.91 Å². The summed E-state index contributed by atoms with van der Waals surface area (Å²) >= 11 is 0. The van der Waals surface area contributed by atoms with E-state index >= 15 is 0 Å². The maximum Gasteiger partial charge on any atom is 0.312 e. The molecule has 0 spiro atoms. The fourth-order valence-corrected chi connectivity index (χ4v) is 1.55. The molecule has 6 heteroatoms. The Morgan fingerprint density at radius 1 is 1.29 bits per heavy atom. The van der Waals surface area contributed by atoms with E-state index in [1.54, 1.807) is 30.3 Å². The zero-order valence-corrected chi connectivity index (χ0v) is 9.14. The van der Waals surface area contributed by atoms with Gasteiger partial charge in [-0.3, -0.25) is 14.4 Å². The number of benzene rings is 1. The zero-order chi connectivity index (χ0) is 12.4. The summed E-state index contributed by atoms with van der Waals surface area (Å²) in [5, 5.41) is 3.49. The molecule has 6 nitrogen and oxygen atoms in total. The van der Waals surface area contributed by atoms with E-state index in [0.717, 1.165) is 5.01 Å². The highest BCUT2D eigenvalue weighted by atomic mass is 16.2. The Labute approximate surface area is 97.6 Å². The summed E-state index contributed by atoms with van der Waals surface area (Å²) in [5.74, 6) is -1.74. The van der Waals surface area contributed by atoms with Crippen molar-refractivity contribution in [2.45, 2.75) is 13.1 Å². The predicted octanol–water partition coefficient (Wildman–Crippen LogP) is -0.431. The van der Waals surface area contributed by atoms with Crippen LogP contribution in [-0.2, 0) is 14.4 Å². The van der Waals surface area contributed by atoms with E-state index in [1.807, 2.05) is 0 Å². The summed E-state index contributed by atoms with van der Waals surface area (Å²) in [6.45, 7) is 1.28. The van der Waals surface area contributed by atoms with Crippen LogP contribution in [0.1, 0.15) is 6.92 Å². The summed E-state index contributed by atoms with van der Waals surface area (Å²) in [7, 11) is 0. The van der Waals surface area contributed by atoms with E-state index in [1.165, 1.54) is 6.92 Å². The van der Waals surface area contributed by atoms with Crippen molar-refractivity contribution in [3.8, 4) is 0 Å². The molecular formula is C11H11N3O3. The molecule has 1 saturated heterocycles. The Kier molecular flexibility index (Phi) is 2.88. The number of ketones is 1. The number of Topliss-reactive ketones (excluding diaryl/α,β-unsaturated/α-hetero) is 1. The first-order valence-corrected chi connectivity index (χ1v) is 5.06. The average molecular weight is 233 g/mol. The number of hydrogen-bond donors (Lipinski definition) is 2. The monoisotopic (exact) mass is 233 g/mol. The van der Waals surface area contributed by atoms with Crippen LogP contribution in [0.2, 0.25) is 0 Å². The molecule has 1 aliphatic heterocycles. The van der Waals surface area contributed by atoms with E-state index in [9.17, 15) is 14.4 Å². The van der Waals surface area contributed by atoms with Crippen molar-refractivity contribution in [1.29, 1.82) is 0 Å². The number of carbonyl (C=O) groups excluding carboxylic acids is 3. The Balaban J connectivity index is 2.20. The van der Waals surface area contributed by atoms with Crippen LogP contribution in [-0.4, -0.2) is 23.8 Å². The molecule has 1 aromatic rings. The molecule has 17 heavy (non-hydrogen) atoms. The topological polar surface area (TPSA) is 78.5 Å². The van der Waals surface area contributed by atoms with Crippen molar-refractivity contribution in [1.82, 2.24) is 10.7 Å². The van der Waals surface area contributed by atoms with Gasteiger partial charge in [0, 0.05) is 6.92 Å². The summed E-state index contributed by atoms with van der Waals surface area (Å²) in [6, 6.07) is 8.68. The van der Waals surface area contributed by atoms with Crippen molar-refractivity contribution in [3.05, 3.63) is 30.3 Å². The van der Waals surface area contributed by atoms with Crippen LogP contribution in [0.15, 0.2) is 30.3 Å². The van der Waals surface area contributed by atoms with Gasteiger partial charge in [0.2, 0.25) is 5.91 Å². The highest BCUT2D eigenvalue weighted by Crippen LogP contribution is 2.15. The van der Waals surface area contributed by atoms with Crippen LogP contribution >= 0.6 is 0 Å². The number of carbonyl (C=O) groups is 3. The Morgan fingerprint density at radius 3 is 2.53 bits per heavy atom. The van der Waals surface area contributed by atoms with Crippen LogP contribution in [0.5, 0.6) is 0 Å². The van der Waals surface area contributed by atoms with Crippen LogP contribution in [0.4, 0.5) is 5.69 Å². The number of nitrogens with one attached hydrogen (secondary N) is 2. The van der Waals surface area contributed by atoms with Gasteiger partial charge in [-0.2, -0.15) is 5.43 Å². The molecule has 1 heterocycles. The zero-order valence-electron chi connectivity index (χ0n) is 9.14. The lowest BCUT2D eigenvalue weighted by Crippen LogP contribution is -2.47. The third-order valence-corrected chi connectivity index (χ3v) is 2.30. The summed E-state index contributed by atoms with van der Waals surface area (Å²) < 4.78 is 0. The molecule has 0 radical (unpaired) electrons. The standard InChI is InChI=1S/C11H11N3O3/c1-7(15)12-10-9(16)11(17)14(13-10)8-5-3-2-4-6-8/h2-6,10,13H,1H3,(H,12,15). The smallest absolute Gasteiger partial charge is 0.312 e. The van der Waals surface area contributed by atoms with Gasteiger partial charge in [0.1, 0.15) is 0 Å². The fourth-order valence-electron chi connectivity index (χ4n) is 1.55. The molecule has 2 rings (SSSR count). The van der Waals surface area contributed by atoms with E-state index in [0.29, 0.717) is 5.69 Å². The first-order valence-electron chi connectivity index (χ1n) is 5.06. The summed E-state index contributed by atoms with van der Waals surface area (Å²) in [5.41, 5.74) is 3.19. The van der Waals surface area contributed by atoms with Gasteiger partial charge in [-0.1, -0.05) is 18.2 Å². The minimum Gasteiger partial charge on any atom is -0.333 e. The third-order valence-electron chi connectivity index (χ3n) is 2.30. The molecule has 88 valence electrons. The number of rotatable bonds is 2. The maximum absolute atomic E-state index is 11.7. The Hall–Kier alpha value is -2.21. The van der Waals surface area contributed by atoms with Crippen LogP contribution < -0.4 is 15.8 Å². The lowest BCUT2D eigenvalue weighted by atomic mass is 10.3. The molecule has 0 saturated carbocycles. The Morgan fingerprint density at radius 2 is 1.94 bits per heavy atom. The molecular weight excluding hydrogens is 222 g/mol. The van der Waals surface area contributed by atoms with Crippen molar-refractivity contribution in [2.24, 2.45) is 0 Å². The fraction of sp³-hybridized carbons (Fsp3) is 0.182. The van der Waals surface area contributed by atoms with E-state index in [2.05, 4.69) is 10.7 Å². The lowest BCUT2D eigenvalue weighted by molar-refractivity contribution is -0.135. The van der Waals surface area contributed by atoms with Gasteiger partial charge in [-0.05, 0) is 12.1 Å². The summed E-state index contributed by atoms with van der Waals surface area (Å²) in [6.07, 6.45) is -0.986. The van der Waals surface area contributed by atoms with Gasteiger partial charge in [0.25, 0.3) is 5.78 Å². The van der Waals surface area contributed by atoms with Gasteiger partial charge in [-0.25, -0.2) is 5.01 Å². The summed E-state index contributed by atoms with van der Waals surface area (Å²) in [4.78, 5) is 34.1. The minimum absolute atomic E-state index is 0.376. The normalized spacial score (nSPS) is 19.6. The minimum atomic E-state index is -0.986. The number of para-hydroxylation sites is 1. The lowest BCUT2D eigenvalue weighted by Gasteiger charge is -2.16. The highest BCUT2D eigenvalue weighted by Gasteiger charge is 2.39. The third kappa shape index (κ3) is 2.16.